The molecular formula is C13H21NS. The molecule has 0 amide bonds. The van der Waals surface area contributed by atoms with Crippen LogP contribution in [-0.2, 0) is 13.0 Å². The quantitative estimate of drug-likeness (QED) is 0.592. The van der Waals surface area contributed by atoms with Crippen molar-refractivity contribution in [3.05, 3.63) is 35.4 Å². The average Bonchev–Trinajstić information content (AvgIpc) is 2.20. The number of thiol groups is 1. The summed E-state index contributed by atoms with van der Waals surface area (Å²) < 4.78 is 0. The van der Waals surface area contributed by atoms with Crippen molar-refractivity contribution < 1.29 is 0 Å². The van der Waals surface area contributed by atoms with Gasteiger partial charge in [-0.1, -0.05) is 38.1 Å². The van der Waals surface area contributed by atoms with Gasteiger partial charge in [0.25, 0.3) is 0 Å². The largest absolute Gasteiger partial charge is 0.293 e. The van der Waals surface area contributed by atoms with Crippen molar-refractivity contribution in [2.45, 2.75) is 26.8 Å². The van der Waals surface area contributed by atoms with E-state index >= 15 is 0 Å². The van der Waals surface area contributed by atoms with Gasteiger partial charge in [0, 0.05) is 12.4 Å². The van der Waals surface area contributed by atoms with Crippen LogP contribution in [0.1, 0.15) is 25.0 Å². The topological polar surface area (TPSA) is 3.24 Å². The number of benzene rings is 1. The Bertz CT molecular complexity index is 279. The van der Waals surface area contributed by atoms with Gasteiger partial charge in [-0.05, 0) is 30.5 Å². The average molecular weight is 223 g/mol. The van der Waals surface area contributed by atoms with Crippen LogP contribution in [0.3, 0.4) is 0 Å². The Hall–Kier alpha value is -0.470. The summed E-state index contributed by atoms with van der Waals surface area (Å²) in [5.41, 5.74) is 2.79. The molecule has 1 nitrogen and oxygen atoms in total. The number of hydrogen-bond donors (Lipinski definition) is 1. The highest BCUT2D eigenvalue weighted by Gasteiger charge is 2.00. The minimum Gasteiger partial charge on any atom is -0.293 e. The first-order chi connectivity index (χ1) is 7.11. The van der Waals surface area contributed by atoms with Gasteiger partial charge in [0.05, 0.1) is 0 Å². The Morgan fingerprint density at radius 1 is 1.13 bits per heavy atom. The van der Waals surface area contributed by atoms with Gasteiger partial charge < -0.3 is 0 Å². The molecule has 2 heteroatoms. The zero-order valence-corrected chi connectivity index (χ0v) is 10.8. The lowest BCUT2D eigenvalue weighted by Gasteiger charge is -2.13. The van der Waals surface area contributed by atoms with Crippen LogP contribution < -0.4 is 0 Å². The molecule has 0 aliphatic rings. The van der Waals surface area contributed by atoms with Crippen LogP contribution >= 0.6 is 12.6 Å². The van der Waals surface area contributed by atoms with Gasteiger partial charge >= 0.3 is 0 Å². The molecule has 0 saturated carbocycles. The van der Waals surface area contributed by atoms with Crippen molar-refractivity contribution in [1.82, 2.24) is 4.90 Å². The van der Waals surface area contributed by atoms with Gasteiger partial charge in [-0.15, -0.1) is 0 Å². The van der Waals surface area contributed by atoms with E-state index in [9.17, 15) is 0 Å². The van der Waals surface area contributed by atoms with Gasteiger partial charge in [0.1, 0.15) is 0 Å². The second-order valence-electron chi connectivity index (χ2n) is 4.57. The van der Waals surface area contributed by atoms with Gasteiger partial charge in [0.15, 0.2) is 0 Å². The predicted molar refractivity (Wildman–Crippen MR) is 70.3 cm³/mol. The van der Waals surface area contributed by atoms with Gasteiger partial charge in [-0.3, -0.25) is 4.90 Å². The first kappa shape index (κ1) is 12.6. The molecule has 0 atom stereocenters. The Kier molecular flexibility index (Phi) is 5.20. The van der Waals surface area contributed by atoms with Crippen molar-refractivity contribution in [3.63, 3.8) is 0 Å². The van der Waals surface area contributed by atoms with Crippen LogP contribution in [0.15, 0.2) is 24.3 Å². The van der Waals surface area contributed by atoms with Crippen molar-refractivity contribution in [3.8, 4) is 0 Å². The first-order valence-corrected chi connectivity index (χ1v) is 6.12. The van der Waals surface area contributed by atoms with E-state index in [4.69, 9.17) is 0 Å². The van der Waals surface area contributed by atoms with E-state index in [-0.39, 0.29) is 0 Å². The minimum atomic E-state index is 0.732. The van der Waals surface area contributed by atoms with E-state index < -0.39 is 0 Å². The third kappa shape index (κ3) is 4.72. The zero-order valence-electron chi connectivity index (χ0n) is 9.90. The molecule has 15 heavy (non-hydrogen) atoms. The van der Waals surface area contributed by atoms with Crippen molar-refractivity contribution in [2.24, 2.45) is 5.92 Å². The second kappa shape index (κ2) is 6.19. The molecule has 0 unspecified atom stereocenters. The summed E-state index contributed by atoms with van der Waals surface area (Å²) in [6.45, 7) is 5.48. The van der Waals surface area contributed by atoms with Crippen LogP contribution in [0.4, 0.5) is 0 Å². The van der Waals surface area contributed by atoms with E-state index in [0.29, 0.717) is 0 Å². The predicted octanol–water partition coefficient (Wildman–Crippen LogP) is 3.20. The SMILES string of the molecule is CC(C)Cc1ccc(CN(C)CS)cc1. The molecule has 1 aromatic rings. The summed E-state index contributed by atoms with van der Waals surface area (Å²) >= 11 is 4.24. The molecule has 0 bridgehead atoms. The summed E-state index contributed by atoms with van der Waals surface area (Å²) in [5, 5.41) is 0. The second-order valence-corrected chi connectivity index (χ2v) is 4.85. The van der Waals surface area contributed by atoms with E-state index in [2.05, 4.69) is 62.7 Å². The smallest absolute Gasteiger partial charge is 0.0414 e. The molecule has 0 heterocycles. The summed E-state index contributed by atoms with van der Waals surface area (Å²) in [4.78, 5) is 2.18. The van der Waals surface area contributed by atoms with Crippen molar-refractivity contribution in [2.75, 3.05) is 12.9 Å². The Labute approximate surface area is 98.9 Å². The van der Waals surface area contributed by atoms with Gasteiger partial charge in [-0.2, -0.15) is 12.6 Å². The number of hydrogen-bond acceptors (Lipinski definition) is 2. The normalized spacial score (nSPS) is 11.3. The highest BCUT2D eigenvalue weighted by atomic mass is 32.1. The van der Waals surface area contributed by atoms with E-state index in [1.54, 1.807) is 0 Å². The fourth-order valence-electron chi connectivity index (χ4n) is 1.61. The van der Waals surface area contributed by atoms with E-state index in [1.165, 1.54) is 17.5 Å². The third-order valence-electron chi connectivity index (χ3n) is 2.36. The lowest BCUT2D eigenvalue weighted by Crippen LogP contribution is -2.15. The van der Waals surface area contributed by atoms with Crippen LogP contribution in [0.5, 0.6) is 0 Å². The molecule has 0 aliphatic heterocycles. The van der Waals surface area contributed by atoms with E-state index in [0.717, 1.165) is 18.3 Å². The molecule has 0 saturated heterocycles. The first-order valence-electron chi connectivity index (χ1n) is 5.49. The molecule has 1 rings (SSSR count). The third-order valence-corrected chi connectivity index (χ3v) is 2.84. The molecule has 84 valence electrons. The van der Waals surface area contributed by atoms with Crippen LogP contribution in [0.25, 0.3) is 0 Å². The number of rotatable bonds is 5. The van der Waals surface area contributed by atoms with Crippen LogP contribution in [-0.4, -0.2) is 17.8 Å². The fourth-order valence-corrected chi connectivity index (χ4v) is 1.71. The summed E-state index contributed by atoms with van der Waals surface area (Å²) in [5.74, 6) is 1.53. The molecular weight excluding hydrogens is 202 g/mol. The molecule has 1 aromatic carbocycles. The Morgan fingerprint density at radius 3 is 2.13 bits per heavy atom. The molecule has 0 fully saturated rings. The molecule has 0 aromatic heterocycles. The Balaban J connectivity index is 2.56. The highest BCUT2D eigenvalue weighted by Crippen LogP contribution is 2.11. The minimum absolute atomic E-state index is 0.732. The van der Waals surface area contributed by atoms with E-state index in [1.807, 2.05) is 0 Å². The summed E-state index contributed by atoms with van der Waals surface area (Å²) in [6, 6.07) is 8.92. The monoisotopic (exact) mass is 223 g/mol. The molecule has 0 aliphatic carbocycles. The standard InChI is InChI=1S/C13H21NS/c1-11(2)8-12-4-6-13(7-5-12)9-14(3)10-15/h4-7,11,15H,8-10H2,1-3H3. The lowest BCUT2D eigenvalue weighted by atomic mass is 10.0. The fraction of sp³-hybridized carbons (Fsp3) is 0.538. The van der Waals surface area contributed by atoms with Gasteiger partial charge in [0.2, 0.25) is 0 Å². The van der Waals surface area contributed by atoms with Crippen LogP contribution in [0.2, 0.25) is 0 Å². The number of nitrogens with zero attached hydrogens (tertiary/aromatic N) is 1. The highest BCUT2D eigenvalue weighted by molar-refractivity contribution is 7.80. The molecule has 0 N–H and O–H groups in total. The maximum atomic E-state index is 4.24. The Morgan fingerprint density at radius 2 is 1.67 bits per heavy atom. The summed E-state index contributed by atoms with van der Waals surface area (Å²) in [7, 11) is 2.08. The van der Waals surface area contributed by atoms with Crippen molar-refractivity contribution >= 4 is 12.6 Å². The maximum absolute atomic E-state index is 4.24. The van der Waals surface area contributed by atoms with Crippen molar-refractivity contribution in [1.29, 1.82) is 0 Å². The zero-order chi connectivity index (χ0) is 11.3. The van der Waals surface area contributed by atoms with Crippen LogP contribution in [0, 0.1) is 5.92 Å². The molecule has 0 spiro atoms. The maximum Gasteiger partial charge on any atom is 0.0414 e. The lowest BCUT2D eigenvalue weighted by molar-refractivity contribution is 0.387. The van der Waals surface area contributed by atoms with Gasteiger partial charge in [-0.25, -0.2) is 0 Å². The summed E-state index contributed by atoms with van der Waals surface area (Å²) in [6.07, 6.45) is 1.17. The molecule has 0 radical (unpaired) electrons.